The second-order valence-corrected chi connectivity index (χ2v) is 15.4. The number of ketones is 2. The van der Waals surface area contributed by atoms with Crippen LogP contribution in [0.15, 0.2) is 59.5 Å². The van der Waals surface area contributed by atoms with E-state index in [2.05, 4.69) is 5.32 Å². The molecule has 0 heterocycles. The second kappa shape index (κ2) is 18.2. The standard InChI is InChI=1S/C31H47N5O7S2/c1-24-12-14-28(15-13-24)45(42,43)36(21-25(2)37)22-27(19-26-9-5-4-6-10-26)20-30(38)29(11-7-8-16-32)34-31(39)23-35(3)44(40,41)18-17-33/h4-6,9-10,12-15,27,29H,7-8,11,16-23,32-33H2,1-3H3,(H,34,39). The molecule has 2 aromatic rings. The lowest BCUT2D eigenvalue weighted by molar-refractivity contribution is -0.128. The first kappa shape index (κ1) is 38.2. The number of rotatable bonds is 21. The highest BCUT2D eigenvalue weighted by Gasteiger charge is 2.31. The number of hydrogen-bond acceptors (Lipinski definition) is 9. The first-order valence-corrected chi connectivity index (χ1v) is 18.0. The van der Waals surface area contributed by atoms with Crippen molar-refractivity contribution in [2.45, 2.75) is 56.9 Å². The molecule has 2 aromatic carbocycles. The van der Waals surface area contributed by atoms with Crippen molar-refractivity contribution in [3.8, 4) is 0 Å². The Morgan fingerprint density at radius 1 is 0.889 bits per heavy atom. The van der Waals surface area contributed by atoms with E-state index < -0.39 is 44.5 Å². The Balaban J connectivity index is 2.37. The van der Waals surface area contributed by atoms with Crippen LogP contribution in [0.3, 0.4) is 0 Å². The lowest BCUT2D eigenvalue weighted by Crippen LogP contribution is -2.47. The molecule has 14 heteroatoms. The maximum atomic E-state index is 13.8. The van der Waals surface area contributed by atoms with Crippen LogP contribution in [-0.4, -0.2) is 94.5 Å². The fraction of sp³-hybridized carbons (Fsp3) is 0.516. The van der Waals surface area contributed by atoms with Gasteiger partial charge in [-0.25, -0.2) is 16.8 Å². The number of aryl methyl sites for hydroxylation is 1. The summed E-state index contributed by atoms with van der Waals surface area (Å²) in [5.74, 6) is -2.19. The van der Waals surface area contributed by atoms with Gasteiger partial charge in [0.05, 0.1) is 29.8 Å². The summed E-state index contributed by atoms with van der Waals surface area (Å²) < 4.78 is 54.0. The fourth-order valence-corrected chi connectivity index (χ4v) is 7.33. The molecule has 0 radical (unpaired) electrons. The zero-order chi connectivity index (χ0) is 33.6. The van der Waals surface area contributed by atoms with Gasteiger partial charge in [0.15, 0.2) is 5.78 Å². The van der Waals surface area contributed by atoms with Gasteiger partial charge in [-0.05, 0) is 69.7 Å². The molecule has 0 bridgehead atoms. The van der Waals surface area contributed by atoms with Crippen LogP contribution in [0, 0.1) is 12.8 Å². The third kappa shape index (κ3) is 12.7. The van der Waals surface area contributed by atoms with E-state index in [0.717, 1.165) is 19.7 Å². The van der Waals surface area contributed by atoms with Gasteiger partial charge < -0.3 is 16.8 Å². The van der Waals surface area contributed by atoms with Crippen LogP contribution in [0.2, 0.25) is 0 Å². The average Bonchev–Trinajstić information content (AvgIpc) is 2.96. The summed E-state index contributed by atoms with van der Waals surface area (Å²) in [7, 11) is -6.55. The molecule has 45 heavy (non-hydrogen) atoms. The molecule has 0 aromatic heterocycles. The summed E-state index contributed by atoms with van der Waals surface area (Å²) >= 11 is 0. The first-order chi connectivity index (χ1) is 21.2. The predicted octanol–water partition coefficient (Wildman–Crippen LogP) is 1.23. The Kier molecular flexibility index (Phi) is 15.5. The monoisotopic (exact) mass is 665 g/mol. The minimum atomic E-state index is -4.08. The van der Waals surface area contributed by atoms with E-state index in [4.69, 9.17) is 11.5 Å². The van der Waals surface area contributed by atoms with Crippen molar-refractivity contribution in [1.82, 2.24) is 13.9 Å². The molecule has 5 N–H and O–H groups in total. The number of sulfonamides is 2. The molecule has 2 unspecified atom stereocenters. The minimum Gasteiger partial charge on any atom is -0.345 e. The molecule has 2 atom stereocenters. The van der Waals surface area contributed by atoms with Crippen LogP contribution in [-0.2, 0) is 40.9 Å². The number of unbranched alkanes of at least 4 members (excludes halogenated alkanes) is 1. The Hall–Kier alpha value is -3.01. The minimum absolute atomic E-state index is 0.0415. The van der Waals surface area contributed by atoms with Gasteiger partial charge in [-0.15, -0.1) is 0 Å². The van der Waals surface area contributed by atoms with Crippen LogP contribution in [0.1, 0.15) is 43.7 Å². The number of hydrogen-bond donors (Lipinski definition) is 3. The lowest BCUT2D eigenvalue weighted by Gasteiger charge is -2.28. The van der Waals surface area contributed by atoms with Gasteiger partial charge in [0.1, 0.15) is 5.78 Å². The highest BCUT2D eigenvalue weighted by Crippen LogP contribution is 2.22. The molecule has 0 aliphatic heterocycles. The Morgan fingerprint density at radius 3 is 2.11 bits per heavy atom. The van der Waals surface area contributed by atoms with Crippen LogP contribution >= 0.6 is 0 Å². The molecule has 12 nitrogen and oxygen atoms in total. The zero-order valence-corrected chi connectivity index (χ0v) is 28.0. The van der Waals surface area contributed by atoms with Gasteiger partial charge in [-0.3, -0.25) is 14.4 Å². The van der Waals surface area contributed by atoms with E-state index in [1.54, 1.807) is 12.1 Å². The van der Waals surface area contributed by atoms with Gasteiger partial charge >= 0.3 is 0 Å². The normalized spacial score (nSPS) is 13.5. The van der Waals surface area contributed by atoms with Crippen LogP contribution in [0.4, 0.5) is 0 Å². The number of nitrogens with one attached hydrogen (secondary N) is 1. The summed E-state index contributed by atoms with van der Waals surface area (Å²) in [5, 5.41) is 2.68. The lowest BCUT2D eigenvalue weighted by atomic mass is 9.90. The summed E-state index contributed by atoms with van der Waals surface area (Å²) in [4.78, 5) is 39.0. The summed E-state index contributed by atoms with van der Waals surface area (Å²) in [6.07, 6.45) is 1.67. The topological polar surface area (TPSA) is 190 Å². The third-order valence-corrected chi connectivity index (χ3v) is 10.9. The van der Waals surface area contributed by atoms with E-state index in [9.17, 15) is 31.2 Å². The molecule has 0 aliphatic carbocycles. The van der Waals surface area contributed by atoms with Crippen LogP contribution < -0.4 is 16.8 Å². The second-order valence-electron chi connectivity index (χ2n) is 11.3. The van der Waals surface area contributed by atoms with Crippen molar-refractivity contribution < 1.29 is 31.2 Å². The van der Waals surface area contributed by atoms with Gasteiger partial charge in [0.25, 0.3) is 0 Å². The number of likely N-dealkylation sites (N-methyl/N-ethyl adjacent to an activating group) is 1. The number of nitrogens with two attached hydrogens (primary N) is 2. The number of benzene rings is 2. The summed E-state index contributed by atoms with van der Waals surface area (Å²) in [6.45, 7) is 2.47. The Bertz CT molecular complexity index is 1470. The zero-order valence-electron chi connectivity index (χ0n) is 26.4. The molecular formula is C31H47N5O7S2. The Labute approximate surface area is 267 Å². The quantitative estimate of drug-likeness (QED) is 0.165. The van der Waals surface area contributed by atoms with E-state index in [1.165, 1.54) is 26.1 Å². The van der Waals surface area contributed by atoms with E-state index in [-0.39, 0.29) is 54.7 Å². The molecule has 1 amide bonds. The maximum absolute atomic E-state index is 13.8. The molecule has 0 spiro atoms. The predicted molar refractivity (Wildman–Crippen MR) is 174 cm³/mol. The SMILES string of the molecule is CC(=O)CN(CC(CC(=O)C(CCCCN)NC(=O)CN(C)S(=O)(=O)CCN)Cc1ccccc1)S(=O)(=O)c1ccc(C)cc1. The average molecular weight is 666 g/mol. The molecule has 0 saturated heterocycles. The number of nitrogens with zero attached hydrogens (tertiary/aromatic N) is 2. The van der Waals surface area contributed by atoms with Crippen molar-refractivity contribution in [3.05, 3.63) is 65.7 Å². The fourth-order valence-electron chi connectivity index (χ4n) is 4.87. The molecule has 0 aliphatic rings. The van der Waals surface area contributed by atoms with E-state index >= 15 is 0 Å². The highest BCUT2D eigenvalue weighted by molar-refractivity contribution is 7.89. The van der Waals surface area contributed by atoms with Crippen LogP contribution in [0.5, 0.6) is 0 Å². The van der Waals surface area contributed by atoms with E-state index in [1.807, 2.05) is 37.3 Å². The van der Waals surface area contributed by atoms with E-state index in [0.29, 0.717) is 25.8 Å². The van der Waals surface area contributed by atoms with Crippen molar-refractivity contribution >= 4 is 37.5 Å². The van der Waals surface area contributed by atoms with Crippen LogP contribution in [0.25, 0.3) is 0 Å². The number of amides is 1. The molecular weight excluding hydrogens is 619 g/mol. The van der Waals surface area contributed by atoms with Gasteiger partial charge in [-0.2, -0.15) is 8.61 Å². The number of Topliss-reactive ketones (excluding diaryl/α,β-unsaturated/α-hetero) is 2. The molecule has 250 valence electrons. The smallest absolute Gasteiger partial charge is 0.243 e. The van der Waals surface area contributed by atoms with Crippen molar-refractivity contribution in [3.63, 3.8) is 0 Å². The number of carbonyl (C=O) groups excluding carboxylic acids is 3. The first-order valence-electron chi connectivity index (χ1n) is 15.0. The van der Waals surface area contributed by atoms with Gasteiger partial charge in [-0.1, -0.05) is 48.0 Å². The van der Waals surface area contributed by atoms with Crippen molar-refractivity contribution in [2.75, 3.05) is 45.5 Å². The molecule has 0 fully saturated rings. The summed E-state index contributed by atoms with van der Waals surface area (Å²) in [5.41, 5.74) is 12.8. The Morgan fingerprint density at radius 2 is 1.53 bits per heavy atom. The van der Waals surface area contributed by atoms with Crippen molar-refractivity contribution in [2.24, 2.45) is 17.4 Å². The third-order valence-electron chi connectivity index (χ3n) is 7.26. The molecule has 0 saturated carbocycles. The van der Waals surface area contributed by atoms with Gasteiger partial charge in [0, 0.05) is 26.6 Å². The van der Waals surface area contributed by atoms with Gasteiger partial charge in [0.2, 0.25) is 26.0 Å². The highest BCUT2D eigenvalue weighted by atomic mass is 32.2. The summed E-state index contributed by atoms with van der Waals surface area (Å²) in [6, 6.07) is 14.7. The largest absolute Gasteiger partial charge is 0.345 e. The number of carbonyl (C=O) groups is 3. The maximum Gasteiger partial charge on any atom is 0.243 e. The molecule has 2 rings (SSSR count). The van der Waals surface area contributed by atoms with Crippen molar-refractivity contribution in [1.29, 1.82) is 0 Å².